The molecule has 4 nitrogen and oxygen atoms in total. The highest BCUT2D eigenvalue weighted by molar-refractivity contribution is 5.68. The molecular weight excluding hydrogens is 206 g/mol. The molecule has 2 unspecified atom stereocenters. The van der Waals surface area contributed by atoms with Crippen LogP contribution in [0.2, 0.25) is 0 Å². The van der Waals surface area contributed by atoms with Crippen molar-refractivity contribution in [2.75, 3.05) is 33.4 Å². The van der Waals surface area contributed by atoms with Crippen LogP contribution in [0.25, 0.3) is 0 Å². The zero-order chi connectivity index (χ0) is 12.0. The smallest absolute Gasteiger partial charge is 0.409 e. The first-order valence-electron chi connectivity index (χ1n) is 5.81. The third kappa shape index (κ3) is 1.51. The van der Waals surface area contributed by atoms with Gasteiger partial charge in [-0.1, -0.05) is 20.8 Å². The quantitative estimate of drug-likeness (QED) is 0.633. The number of fused-ring (bicyclic) bond motifs is 1. The van der Waals surface area contributed by atoms with E-state index in [-0.39, 0.29) is 16.9 Å². The van der Waals surface area contributed by atoms with E-state index < -0.39 is 0 Å². The van der Waals surface area contributed by atoms with Crippen LogP contribution in [0.5, 0.6) is 0 Å². The zero-order valence-electron chi connectivity index (χ0n) is 10.6. The van der Waals surface area contributed by atoms with Gasteiger partial charge in [0.1, 0.15) is 0 Å². The van der Waals surface area contributed by atoms with E-state index >= 15 is 0 Å². The summed E-state index contributed by atoms with van der Waals surface area (Å²) in [5.74, 6) is 0.451. The molecule has 0 radical (unpaired) electrons. The second-order valence-electron chi connectivity index (χ2n) is 5.97. The molecule has 92 valence electrons. The SMILES string of the molecule is COC(=O)N1CC2COCC2(C(C)(C)C)C1. The molecule has 2 atom stereocenters. The van der Waals surface area contributed by atoms with Crippen LogP contribution in [-0.4, -0.2) is 44.4 Å². The van der Waals surface area contributed by atoms with E-state index in [1.165, 1.54) is 7.11 Å². The van der Waals surface area contributed by atoms with E-state index in [4.69, 9.17) is 9.47 Å². The van der Waals surface area contributed by atoms with Crippen molar-refractivity contribution in [3.05, 3.63) is 0 Å². The lowest BCUT2D eigenvalue weighted by atomic mass is 9.63. The predicted octanol–water partition coefficient (Wildman–Crippen LogP) is 1.75. The maximum Gasteiger partial charge on any atom is 0.409 e. The lowest BCUT2D eigenvalue weighted by Gasteiger charge is -2.40. The molecule has 2 aliphatic rings. The standard InChI is InChI=1S/C12H21NO3/c1-11(2,3)12-7-13(10(14)15-4)5-9(12)6-16-8-12/h9H,5-8H2,1-4H3. The van der Waals surface area contributed by atoms with Crippen molar-refractivity contribution >= 4 is 6.09 Å². The van der Waals surface area contributed by atoms with Crippen LogP contribution in [0.3, 0.4) is 0 Å². The first-order valence-corrected chi connectivity index (χ1v) is 5.81. The second-order valence-corrected chi connectivity index (χ2v) is 5.97. The van der Waals surface area contributed by atoms with Crippen LogP contribution in [0, 0.1) is 16.7 Å². The molecule has 0 aromatic heterocycles. The van der Waals surface area contributed by atoms with E-state index in [9.17, 15) is 4.79 Å². The minimum absolute atomic E-state index is 0.0984. The number of methoxy groups -OCH3 is 1. The third-order valence-corrected chi connectivity index (χ3v) is 4.30. The first kappa shape index (κ1) is 11.7. The molecule has 0 bridgehead atoms. The van der Waals surface area contributed by atoms with Gasteiger partial charge in [0.2, 0.25) is 0 Å². The molecule has 2 fully saturated rings. The fraction of sp³-hybridized carbons (Fsp3) is 0.917. The Morgan fingerprint density at radius 2 is 2.19 bits per heavy atom. The van der Waals surface area contributed by atoms with Gasteiger partial charge >= 0.3 is 6.09 Å². The Morgan fingerprint density at radius 1 is 1.50 bits per heavy atom. The van der Waals surface area contributed by atoms with Gasteiger partial charge in [-0.05, 0) is 5.41 Å². The highest BCUT2D eigenvalue weighted by atomic mass is 16.5. The minimum atomic E-state index is -0.210. The van der Waals surface area contributed by atoms with Crippen molar-refractivity contribution in [3.8, 4) is 0 Å². The average Bonchev–Trinajstić information content (AvgIpc) is 2.71. The van der Waals surface area contributed by atoms with Crippen LogP contribution in [0.1, 0.15) is 20.8 Å². The maximum absolute atomic E-state index is 11.6. The van der Waals surface area contributed by atoms with E-state index in [1.807, 2.05) is 4.90 Å². The lowest BCUT2D eigenvalue weighted by molar-refractivity contribution is 0.0464. The summed E-state index contributed by atoms with van der Waals surface area (Å²) in [5, 5.41) is 0. The Balaban J connectivity index is 2.22. The first-order chi connectivity index (χ1) is 7.40. The zero-order valence-corrected chi connectivity index (χ0v) is 10.6. The van der Waals surface area contributed by atoms with Crippen molar-refractivity contribution in [3.63, 3.8) is 0 Å². The minimum Gasteiger partial charge on any atom is -0.453 e. The Kier molecular flexibility index (Phi) is 2.65. The van der Waals surface area contributed by atoms with Gasteiger partial charge in [-0.25, -0.2) is 4.79 Å². The van der Waals surface area contributed by atoms with Crippen molar-refractivity contribution in [2.45, 2.75) is 20.8 Å². The molecule has 2 heterocycles. The van der Waals surface area contributed by atoms with Crippen molar-refractivity contribution in [1.29, 1.82) is 0 Å². The van der Waals surface area contributed by atoms with E-state index in [1.54, 1.807) is 0 Å². The monoisotopic (exact) mass is 227 g/mol. The molecule has 0 aromatic carbocycles. The van der Waals surface area contributed by atoms with Gasteiger partial charge in [0.15, 0.2) is 0 Å². The summed E-state index contributed by atoms with van der Waals surface area (Å²) in [7, 11) is 1.44. The van der Waals surface area contributed by atoms with Crippen LogP contribution >= 0.6 is 0 Å². The molecule has 0 aliphatic carbocycles. The van der Waals surface area contributed by atoms with E-state index in [2.05, 4.69) is 20.8 Å². The summed E-state index contributed by atoms with van der Waals surface area (Å²) < 4.78 is 10.4. The normalized spacial score (nSPS) is 34.0. The number of carbonyl (C=O) groups is 1. The Bertz CT molecular complexity index is 297. The molecule has 2 saturated heterocycles. The number of amides is 1. The van der Waals surface area contributed by atoms with Crippen molar-refractivity contribution in [2.24, 2.45) is 16.7 Å². The van der Waals surface area contributed by atoms with Crippen LogP contribution < -0.4 is 0 Å². The third-order valence-electron chi connectivity index (χ3n) is 4.30. The Labute approximate surface area is 96.9 Å². The molecule has 4 heteroatoms. The van der Waals surface area contributed by atoms with Gasteiger partial charge in [0.25, 0.3) is 0 Å². The van der Waals surface area contributed by atoms with E-state index in [0.29, 0.717) is 5.92 Å². The number of hydrogen-bond donors (Lipinski definition) is 0. The molecule has 0 N–H and O–H groups in total. The molecule has 16 heavy (non-hydrogen) atoms. The van der Waals surface area contributed by atoms with Crippen LogP contribution in [-0.2, 0) is 9.47 Å². The molecule has 2 aliphatic heterocycles. The topological polar surface area (TPSA) is 38.8 Å². The number of carbonyl (C=O) groups excluding carboxylic acids is 1. The number of rotatable bonds is 0. The van der Waals surface area contributed by atoms with Crippen molar-refractivity contribution in [1.82, 2.24) is 4.90 Å². The van der Waals surface area contributed by atoms with Gasteiger partial charge in [-0.15, -0.1) is 0 Å². The number of likely N-dealkylation sites (tertiary alicyclic amines) is 1. The summed E-state index contributed by atoms with van der Waals surface area (Å²) in [6, 6.07) is 0. The number of ether oxygens (including phenoxy) is 2. The summed E-state index contributed by atoms with van der Waals surface area (Å²) in [4.78, 5) is 13.4. The molecule has 2 rings (SSSR count). The summed E-state index contributed by atoms with van der Waals surface area (Å²) in [6.07, 6.45) is -0.210. The Morgan fingerprint density at radius 3 is 2.69 bits per heavy atom. The summed E-state index contributed by atoms with van der Waals surface area (Å²) in [5.41, 5.74) is 0.248. The van der Waals surface area contributed by atoms with Crippen LogP contribution in [0.15, 0.2) is 0 Å². The molecular formula is C12H21NO3. The van der Waals surface area contributed by atoms with Crippen LogP contribution in [0.4, 0.5) is 4.79 Å². The van der Waals surface area contributed by atoms with Gasteiger partial charge in [-0.3, -0.25) is 0 Å². The highest BCUT2D eigenvalue weighted by Crippen LogP contribution is 2.52. The fourth-order valence-corrected chi connectivity index (χ4v) is 3.07. The molecule has 0 aromatic rings. The highest BCUT2D eigenvalue weighted by Gasteiger charge is 2.57. The Hall–Kier alpha value is -0.770. The predicted molar refractivity (Wildman–Crippen MR) is 60.2 cm³/mol. The van der Waals surface area contributed by atoms with Gasteiger partial charge in [-0.2, -0.15) is 0 Å². The van der Waals surface area contributed by atoms with E-state index in [0.717, 1.165) is 26.3 Å². The number of hydrogen-bond acceptors (Lipinski definition) is 3. The molecule has 1 amide bonds. The van der Waals surface area contributed by atoms with Crippen molar-refractivity contribution < 1.29 is 14.3 Å². The largest absolute Gasteiger partial charge is 0.453 e. The molecule has 0 saturated carbocycles. The van der Waals surface area contributed by atoms with Gasteiger partial charge in [0.05, 0.1) is 20.3 Å². The van der Waals surface area contributed by atoms with Gasteiger partial charge in [0, 0.05) is 24.4 Å². The lowest BCUT2D eigenvalue weighted by Crippen LogP contribution is -2.43. The summed E-state index contributed by atoms with van der Waals surface area (Å²) >= 11 is 0. The average molecular weight is 227 g/mol. The fourth-order valence-electron chi connectivity index (χ4n) is 3.07. The second kappa shape index (κ2) is 3.62. The number of nitrogens with zero attached hydrogens (tertiary/aromatic N) is 1. The summed E-state index contributed by atoms with van der Waals surface area (Å²) in [6.45, 7) is 9.75. The molecule has 0 spiro atoms. The maximum atomic E-state index is 11.6. The van der Waals surface area contributed by atoms with Gasteiger partial charge < -0.3 is 14.4 Å².